The van der Waals surface area contributed by atoms with Gasteiger partial charge in [0.05, 0.1) is 23.6 Å². The molecule has 0 aliphatic carbocycles. The third-order valence-electron chi connectivity index (χ3n) is 5.34. The van der Waals surface area contributed by atoms with E-state index in [0.717, 1.165) is 11.1 Å². The zero-order valence-corrected chi connectivity index (χ0v) is 19.6. The summed E-state index contributed by atoms with van der Waals surface area (Å²) in [6.07, 6.45) is 0.824. The molecule has 0 aromatic heterocycles. The summed E-state index contributed by atoms with van der Waals surface area (Å²) < 4.78 is 24.5. The average molecular weight is 486 g/mol. The lowest BCUT2D eigenvalue weighted by Gasteiger charge is -2.14. The van der Waals surface area contributed by atoms with Crippen molar-refractivity contribution in [2.45, 2.75) is 26.3 Å². The van der Waals surface area contributed by atoms with Crippen LogP contribution in [0.15, 0.2) is 60.7 Å². The molecule has 0 unspecified atom stereocenters. The van der Waals surface area contributed by atoms with E-state index < -0.39 is 17.7 Å². The Morgan fingerprint density at radius 2 is 1.71 bits per heavy atom. The molecule has 0 aliphatic heterocycles. The van der Waals surface area contributed by atoms with Crippen molar-refractivity contribution in [2.24, 2.45) is 5.92 Å². The van der Waals surface area contributed by atoms with Gasteiger partial charge in [0.15, 0.2) is 0 Å². The van der Waals surface area contributed by atoms with Gasteiger partial charge in [0.1, 0.15) is 23.1 Å². The molecule has 3 aromatic carbocycles. The van der Waals surface area contributed by atoms with Crippen molar-refractivity contribution in [1.29, 1.82) is 0 Å². The monoisotopic (exact) mass is 485 g/mol. The SMILES string of the molecule is CC[C@@H](Cc1ccc(OC)c(C(=O)NCc2ccc(Oc3ccc(Cl)c(F)c3)cc2)c1)C(=O)O. The summed E-state index contributed by atoms with van der Waals surface area (Å²) in [6.45, 7) is 2.08. The highest BCUT2D eigenvalue weighted by atomic mass is 35.5. The zero-order chi connectivity index (χ0) is 24.7. The zero-order valence-electron chi connectivity index (χ0n) is 18.8. The van der Waals surface area contributed by atoms with Crippen LogP contribution in [0.3, 0.4) is 0 Å². The molecule has 2 N–H and O–H groups in total. The molecule has 0 bridgehead atoms. The third-order valence-corrected chi connectivity index (χ3v) is 5.64. The van der Waals surface area contributed by atoms with Crippen LogP contribution in [-0.4, -0.2) is 24.1 Å². The molecule has 1 amide bonds. The lowest BCUT2D eigenvalue weighted by molar-refractivity contribution is -0.141. The van der Waals surface area contributed by atoms with Crippen LogP contribution in [0, 0.1) is 11.7 Å². The number of amides is 1. The fourth-order valence-corrected chi connectivity index (χ4v) is 3.50. The first-order chi connectivity index (χ1) is 16.3. The summed E-state index contributed by atoms with van der Waals surface area (Å²) in [4.78, 5) is 24.2. The van der Waals surface area contributed by atoms with E-state index in [-0.39, 0.29) is 17.5 Å². The molecule has 1 atom stereocenters. The third kappa shape index (κ3) is 6.48. The Kier molecular flexibility index (Phi) is 8.49. The second-order valence-corrected chi connectivity index (χ2v) is 8.09. The number of rotatable bonds is 10. The summed E-state index contributed by atoms with van der Waals surface area (Å²) >= 11 is 5.68. The van der Waals surface area contributed by atoms with Crippen LogP contribution < -0.4 is 14.8 Å². The summed E-state index contributed by atoms with van der Waals surface area (Å²) in [6, 6.07) is 16.3. The van der Waals surface area contributed by atoms with E-state index in [0.29, 0.717) is 35.7 Å². The Bertz CT molecular complexity index is 1170. The maximum absolute atomic E-state index is 13.6. The van der Waals surface area contributed by atoms with Gasteiger partial charge in [0, 0.05) is 12.6 Å². The molecule has 0 fully saturated rings. The van der Waals surface area contributed by atoms with Crippen molar-refractivity contribution in [2.75, 3.05) is 7.11 Å². The van der Waals surface area contributed by atoms with Crippen molar-refractivity contribution in [3.05, 3.63) is 88.2 Å². The molecule has 0 spiro atoms. The van der Waals surface area contributed by atoms with Gasteiger partial charge in [-0.2, -0.15) is 0 Å². The van der Waals surface area contributed by atoms with Gasteiger partial charge < -0.3 is 19.9 Å². The number of carbonyl (C=O) groups is 2. The molecule has 3 rings (SSSR count). The minimum atomic E-state index is -0.863. The number of halogens is 2. The van der Waals surface area contributed by atoms with Crippen LogP contribution in [-0.2, 0) is 17.8 Å². The average Bonchev–Trinajstić information content (AvgIpc) is 2.83. The predicted molar refractivity (Wildman–Crippen MR) is 127 cm³/mol. The molecule has 0 saturated carbocycles. The second-order valence-electron chi connectivity index (χ2n) is 7.69. The highest BCUT2D eigenvalue weighted by Gasteiger charge is 2.18. The fraction of sp³-hybridized carbons (Fsp3) is 0.231. The molecular formula is C26H25ClFNO5. The number of carboxylic acid groups (broad SMARTS) is 1. The number of benzene rings is 3. The van der Waals surface area contributed by atoms with Gasteiger partial charge in [-0.25, -0.2) is 4.39 Å². The molecule has 8 heteroatoms. The Hall–Kier alpha value is -3.58. The van der Waals surface area contributed by atoms with Gasteiger partial charge in [0.25, 0.3) is 5.91 Å². The Morgan fingerprint density at radius 3 is 2.32 bits per heavy atom. The standard InChI is InChI=1S/C26H25ClFNO5/c1-3-18(26(31)32)12-17-6-11-24(33-2)21(13-17)25(30)29-15-16-4-7-19(8-5-16)34-20-9-10-22(27)23(28)14-20/h4-11,13-14,18H,3,12,15H2,1-2H3,(H,29,30)(H,31,32)/t18-/m0/s1. The van der Waals surface area contributed by atoms with E-state index in [1.807, 2.05) is 6.92 Å². The molecule has 178 valence electrons. The summed E-state index contributed by atoms with van der Waals surface area (Å²) in [5.41, 5.74) is 1.92. The Labute approximate surface area is 202 Å². The minimum absolute atomic E-state index is 0.0210. The highest BCUT2D eigenvalue weighted by Crippen LogP contribution is 2.26. The van der Waals surface area contributed by atoms with Crippen molar-refractivity contribution in [1.82, 2.24) is 5.32 Å². The number of ether oxygens (including phenoxy) is 2. The summed E-state index contributed by atoms with van der Waals surface area (Å²) in [5.74, 6) is -1.04. The number of hydrogen-bond donors (Lipinski definition) is 2. The first-order valence-corrected chi connectivity index (χ1v) is 11.1. The maximum atomic E-state index is 13.6. The van der Waals surface area contributed by atoms with Gasteiger partial charge in [-0.05, 0) is 60.4 Å². The number of methoxy groups -OCH3 is 1. The molecule has 3 aromatic rings. The molecule has 0 saturated heterocycles. The molecular weight excluding hydrogens is 461 g/mol. The number of hydrogen-bond acceptors (Lipinski definition) is 4. The minimum Gasteiger partial charge on any atom is -0.496 e. The molecule has 6 nitrogen and oxygen atoms in total. The number of carbonyl (C=O) groups excluding carboxylic acids is 1. The van der Waals surface area contributed by atoms with Crippen molar-refractivity contribution in [3.63, 3.8) is 0 Å². The number of carboxylic acids is 1. The number of nitrogens with one attached hydrogen (secondary N) is 1. The van der Waals surface area contributed by atoms with Gasteiger partial charge in [-0.3, -0.25) is 9.59 Å². The number of aliphatic carboxylic acids is 1. The van der Waals surface area contributed by atoms with Gasteiger partial charge >= 0.3 is 5.97 Å². The highest BCUT2D eigenvalue weighted by molar-refractivity contribution is 6.30. The van der Waals surface area contributed by atoms with E-state index in [2.05, 4.69) is 5.32 Å². The van der Waals surface area contributed by atoms with Crippen LogP contribution in [0.2, 0.25) is 5.02 Å². The lowest BCUT2D eigenvalue weighted by atomic mass is 9.95. The Morgan fingerprint density at radius 1 is 1.03 bits per heavy atom. The van der Waals surface area contributed by atoms with Crippen molar-refractivity contribution in [3.8, 4) is 17.2 Å². The maximum Gasteiger partial charge on any atom is 0.306 e. The van der Waals surface area contributed by atoms with Crippen LogP contribution >= 0.6 is 11.6 Å². The van der Waals surface area contributed by atoms with E-state index in [4.69, 9.17) is 21.1 Å². The normalized spacial score (nSPS) is 11.5. The molecule has 0 aliphatic rings. The molecule has 0 radical (unpaired) electrons. The van der Waals surface area contributed by atoms with Gasteiger partial charge in [0.2, 0.25) is 0 Å². The van der Waals surface area contributed by atoms with E-state index in [9.17, 15) is 19.1 Å². The molecule has 34 heavy (non-hydrogen) atoms. The largest absolute Gasteiger partial charge is 0.496 e. The van der Waals surface area contributed by atoms with Gasteiger partial charge in [-0.15, -0.1) is 0 Å². The van der Waals surface area contributed by atoms with Crippen LogP contribution in [0.25, 0.3) is 0 Å². The smallest absolute Gasteiger partial charge is 0.306 e. The topological polar surface area (TPSA) is 84.9 Å². The van der Waals surface area contributed by atoms with E-state index >= 15 is 0 Å². The van der Waals surface area contributed by atoms with Crippen molar-refractivity contribution >= 4 is 23.5 Å². The van der Waals surface area contributed by atoms with Crippen LogP contribution in [0.4, 0.5) is 4.39 Å². The quantitative estimate of drug-likeness (QED) is 0.375. The van der Waals surface area contributed by atoms with Crippen LogP contribution in [0.5, 0.6) is 17.2 Å². The van der Waals surface area contributed by atoms with Crippen LogP contribution in [0.1, 0.15) is 34.8 Å². The fourth-order valence-electron chi connectivity index (χ4n) is 3.38. The first kappa shape index (κ1) is 25.1. The second kappa shape index (κ2) is 11.5. The molecule has 0 heterocycles. The summed E-state index contributed by atoms with van der Waals surface area (Å²) in [5, 5.41) is 12.2. The lowest BCUT2D eigenvalue weighted by Crippen LogP contribution is -2.24. The van der Waals surface area contributed by atoms with E-state index in [1.165, 1.54) is 19.2 Å². The Balaban J connectivity index is 1.64. The van der Waals surface area contributed by atoms with E-state index in [1.54, 1.807) is 48.5 Å². The summed E-state index contributed by atoms with van der Waals surface area (Å²) in [7, 11) is 1.48. The first-order valence-electron chi connectivity index (χ1n) is 10.7. The predicted octanol–water partition coefficient (Wildman–Crippen LogP) is 5.86. The van der Waals surface area contributed by atoms with Crippen molar-refractivity contribution < 1.29 is 28.6 Å². The van der Waals surface area contributed by atoms with Gasteiger partial charge in [-0.1, -0.05) is 36.7 Å².